The van der Waals surface area contributed by atoms with Crippen LogP contribution in [0.25, 0.3) is 0 Å². The highest BCUT2D eigenvalue weighted by Gasteiger charge is 2.22. The van der Waals surface area contributed by atoms with Gasteiger partial charge in [-0.15, -0.1) is 12.4 Å². The largest absolute Gasteiger partial charge is 0.481 e. The van der Waals surface area contributed by atoms with Crippen molar-refractivity contribution in [3.63, 3.8) is 0 Å². The van der Waals surface area contributed by atoms with E-state index in [1.54, 1.807) is 0 Å². The molecule has 0 aliphatic carbocycles. The predicted octanol–water partition coefficient (Wildman–Crippen LogP) is 0.881. The molecule has 0 aromatic heterocycles. The van der Waals surface area contributed by atoms with Gasteiger partial charge in [-0.1, -0.05) is 0 Å². The van der Waals surface area contributed by atoms with Crippen molar-refractivity contribution in [2.45, 2.75) is 25.8 Å². The normalized spacial score (nSPS) is 30.6. The molecule has 0 spiro atoms. The molecule has 0 bridgehead atoms. The fourth-order valence-electron chi connectivity index (χ4n) is 1.21. The highest BCUT2D eigenvalue weighted by Crippen LogP contribution is 2.13. The number of piperidine rings is 1. The highest BCUT2D eigenvalue weighted by molar-refractivity contribution is 5.85. The zero-order valence-electron chi connectivity index (χ0n) is 6.54. The molecule has 2 N–H and O–H groups in total. The maximum atomic E-state index is 10.4. The average molecular weight is 180 g/mol. The van der Waals surface area contributed by atoms with Crippen molar-refractivity contribution in [2.75, 3.05) is 6.54 Å². The zero-order chi connectivity index (χ0) is 7.56. The molecule has 2 unspecified atom stereocenters. The lowest BCUT2D eigenvalue weighted by Crippen LogP contribution is -2.39. The molecule has 66 valence electrons. The molecule has 0 radical (unpaired) electrons. The Labute approximate surface area is 72.6 Å². The zero-order valence-corrected chi connectivity index (χ0v) is 7.36. The summed E-state index contributed by atoms with van der Waals surface area (Å²) >= 11 is 0. The van der Waals surface area contributed by atoms with Gasteiger partial charge in [0.2, 0.25) is 0 Å². The summed E-state index contributed by atoms with van der Waals surface area (Å²) in [5, 5.41) is 11.7. The lowest BCUT2D eigenvalue weighted by Gasteiger charge is -2.24. The number of carbonyl (C=O) groups is 1. The van der Waals surface area contributed by atoms with Crippen LogP contribution in [0.1, 0.15) is 19.8 Å². The third kappa shape index (κ3) is 3.08. The summed E-state index contributed by atoms with van der Waals surface area (Å²) in [6.45, 7) is 2.72. The third-order valence-corrected chi connectivity index (χ3v) is 2.01. The fraction of sp³-hybridized carbons (Fsp3) is 0.857. The van der Waals surface area contributed by atoms with Gasteiger partial charge in [-0.05, 0) is 19.8 Å². The summed E-state index contributed by atoms with van der Waals surface area (Å²) in [6, 6.07) is 0.496. The second kappa shape index (κ2) is 4.57. The van der Waals surface area contributed by atoms with Crippen molar-refractivity contribution in [1.29, 1.82) is 0 Å². The van der Waals surface area contributed by atoms with Gasteiger partial charge in [0, 0.05) is 12.6 Å². The average Bonchev–Trinajstić information content (AvgIpc) is 1.88. The topological polar surface area (TPSA) is 49.3 Å². The summed E-state index contributed by atoms with van der Waals surface area (Å²) in [4.78, 5) is 10.4. The molecule has 4 heteroatoms. The van der Waals surface area contributed by atoms with Crippen LogP contribution in [0.5, 0.6) is 0 Å². The number of nitrogens with one attached hydrogen (secondary N) is 1. The Hall–Kier alpha value is -0.280. The number of hydrogen-bond donors (Lipinski definition) is 2. The minimum atomic E-state index is -0.667. The quantitative estimate of drug-likeness (QED) is 0.629. The Bertz CT molecular complexity index is 132. The van der Waals surface area contributed by atoms with Crippen molar-refractivity contribution in [3.05, 3.63) is 0 Å². The summed E-state index contributed by atoms with van der Waals surface area (Å²) < 4.78 is 0. The van der Waals surface area contributed by atoms with Gasteiger partial charge < -0.3 is 10.4 Å². The van der Waals surface area contributed by atoms with E-state index in [-0.39, 0.29) is 18.3 Å². The van der Waals surface area contributed by atoms with Crippen molar-refractivity contribution < 1.29 is 9.90 Å². The molecule has 1 aliphatic heterocycles. The molecule has 0 saturated carbocycles. The summed E-state index contributed by atoms with van der Waals surface area (Å²) in [5.74, 6) is -0.824. The first kappa shape index (κ1) is 10.7. The summed E-state index contributed by atoms with van der Waals surface area (Å²) in [5.41, 5.74) is 0. The molecule has 1 saturated heterocycles. The molecule has 0 aromatic carbocycles. The Morgan fingerprint density at radius 2 is 2.18 bits per heavy atom. The second-order valence-corrected chi connectivity index (χ2v) is 2.92. The van der Waals surface area contributed by atoms with Gasteiger partial charge in [-0.3, -0.25) is 4.79 Å². The number of aliphatic carboxylic acids is 1. The Morgan fingerprint density at radius 1 is 1.55 bits per heavy atom. The molecule has 3 nitrogen and oxygen atoms in total. The first-order valence-electron chi connectivity index (χ1n) is 3.66. The van der Waals surface area contributed by atoms with Crippen molar-refractivity contribution in [2.24, 2.45) is 5.92 Å². The van der Waals surface area contributed by atoms with Gasteiger partial charge in [-0.2, -0.15) is 0 Å². The van der Waals surface area contributed by atoms with Gasteiger partial charge in [0.25, 0.3) is 0 Å². The fourth-order valence-corrected chi connectivity index (χ4v) is 1.21. The third-order valence-electron chi connectivity index (χ3n) is 2.01. The van der Waals surface area contributed by atoms with E-state index >= 15 is 0 Å². The summed E-state index contributed by atoms with van der Waals surface area (Å²) in [7, 11) is 0. The van der Waals surface area contributed by atoms with E-state index in [4.69, 9.17) is 5.11 Å². The van der Waals surface area contributed by atoms with Crippen LogP contribution in [-0.2, 0) is 4.79 Å². The van der Waals surface area contributed by atoms with E-state index in [0.717, 1.165) is 12.8 Å². The first-order valence-corrected chi connectivity index (χ1v) is 3.66. The van der Waals surface area contributed by atoms with Crippen LogP contribution in [0.15, 0.2) is 0 Å². The number of carboxylic acids is 1. The van der Waals surface area contributed by atoms with Crippen LogP contribution in [0.3, 0.4) is 0 Å². The first-order chi connectivity index (χ1) is 4.70. The lowest BCUT2D eigenvalue weighted by molar-refractivity contribution is -0.142. The van der Waals surface area contributed by atoms with E-state index in [1.807, 2.05) is 0 Å². The van der Waals surface area contributed by atoms with E-state index < -0.39 is 5.97 Å². The Kier molecular flexibility index (Phi) is 4.45. The predicted molar refractivity (Wildman–Crippen MR) is 45.1 cm³/mol. The van der Waals surface area contributed by atoms with E-state index in [0.29, 0.717) is 12.6 Å². The standard InChI is InChI=1S/C7H13NO2.ClH/c1-5-2-3-6(4-8-5)7(9)10;/h5-6,8H,2-4H2,1H3,(H,9,10);1H. The van der Waals surface area contributed by atoms with Crippen LogP contribution in [0.2, 0.25) is 0 Å². The maximum absolute atomic E-state index is 10.4. The van der Waals surface area contributed by atoms with Gasteiger partial charge in [-0.25, -0.2) is 0 Å². The SMILES string of the molecule is CC1CCC(C(=O)O)CN1.Cl. The molecule has 0 amide bonds. The van der Waals surface area contributed by atoms with Crippen LogP contribution in [0, 0.1) is 5.92 Å². The number of rotatable bonds is 1. The van der Waals surface area contributed by atoms with Crippen LogP contribution in [-0.4, -0.2) is 23.7 Å². The van der Waals surface area contributed by atoms with E-state index in [9.17, 15) is 4.79 Å². The number of carboxylic acid groups (broad SMARTS) is 1. The molecule has 0 aromatic rings. The van der Waals surface area contributed by atoms with Crippen molar-refractivity contribution in [1.82, 2.24) is 5.32 Å². The molecule has 11 heavy (non-hydrogen) atoms. The minimum absolute atomic E-state index is 0. The number of hydrogen-bond acceptors (Lipinski definition) is 2. The van der Waals surface area contributed by atoms with E-state index in [2.05, 4.69) is 12.2 Å². The molecule has 1 heterocycles. The highest BCUT2D eigenvalue weighted by atomic mass is 35.5. The molecular formula is C7H14ClNO2. The smallest absolute Gasteiger partial charge is 0.307 e. The Morgan fingerprint density at radius 3 is 2.55 bits per heavy atom. The minimum Gasteiger partial charge on any atom is -0.481 e. The van der Waals surface area contributed by atoms with Crippen LogP contribution in [0.4, 0.5) is 0 Å². The molecule has 1 aliphatic rings. The number of halogens is 1. The maximum Gasteiger partial charge on any atom is 0.307 e. The van der Waals surface area contributed by atoms with Gasteiger partial charge in [0.15, 0.2) is 0 Å². The second-order valence-electron chi connectivity index (χ2n) is 2.92. The lowest BCUT2D eigenvalue weighted by atomic mass is 9.96. The molecule has 1 fully saturated rings. The van der Waals surface area contributed by atoms with Crippen molar-refractivity contribution >= 4 is 18.4 Å². The van der Waals surface area contributed by atoms with Gasteiger partial charge in [0.1, 0.15) is 0 Å². The van der Waals surface area contributed by atoms with Crippen LogP contribution >= 0.6 is 12.4 Å². The summed E-state index contributed by atoms with van der Waals surface area (Å²) in [6.07, 6.45) is 1.81. The molecule has 2 atom stereocenters. The van der Waals surface area contributed by atoms with Gasteiger partial charge in [0.05, 0.1) is 5.92 Å². The molecular weight excluding hydrogens is 166 g/mol. The van der Waals surface area contributed by atoms with Crippen molar-refractivity contribution in [3.8, 4) is 0 Å². The molecule has 1 rings (SSSR count). The van der Waals surface area contributed by atoms with Gasteiger partial charge >= 0.3 is 5.97 Å². The Balaban J connectivity index is 0.000001000. The monoisotopic (exact) mass is 179 g/mol. The van der Waals surface area contributed by atoms with E-state index in [1.165, 1.54) is 0 Å². The van der Waals surface area contributed by atoms with Crippen LogP contribution < -0.4 is 5.32 Å².